The molecule has 1 unspecified atom stereocenters. The third-order valence-corrected chi connectivity index (χ3v) is 5.27. The van der Waals surface area contributed by atoms with E-state index in [1.165, 1.54) is 4.90 Å². The Morgan fingerprint density at radius 1 is 1.14 bits per heavy atom. The van der Waals surface area contributed by atoms with Crippen LogP contribution in [0.15, 0.2) is 59.0 Å². The lowest BCUT2D eigenvalue weighted by Crippen LogP contribution is -2.43. The van der Waals surface area contributed by atoms with E-state index in [0.29, 0.717) is 36.6 Å². The summed E-state index contributed by atoms with van der Waals surface area (Å²) in [4.78, 5) is 30.6. The highest BCUT2D eigenvalue weighted by atomic mass is 16.4. The summed E-state index contributed by atoms with van der Waals surface area (Å²) in [6, 6.07) is 16.2. The molecule has 1 aliphatic rings. The Morgan fingerprint density at radius 2 is 1.86 bits per heavy atom. The molecular weight excluding hydrogens is 368 g/mol. The van der Waals surface area contributed by atoms with E-state index >= 15 is 0 Å². The molecule has 1 aromatic heterocycles. The zero-order valence-corrected chi connectivity index (χ0v) is 16.2. The number of aliphatic carboxylic acids is 1. The number of aryl methyl sites for hydroxylation is 2. The fraction of sp³-hybridized carbons (Fsp3) is 0.261. The normalized spacial score (nSPS) is 15.8. The Morgan fingerprint density at radius 3 is 2.62 bits per heavy atom. The van der Waals surface area contributed by atoms with Gasteiger partial charge in [-0.25, -0.2) is 9.78 Å². The number of aromatic nitrogens is 1. The first kappa shape index (κ1) is 18.9. The second-order valence-electron chi connectivity index (χ2n) is 7.16. The number of benzene rings is 2. The Balaban J connectivity index is 1.48. The Bertz CT molecular complexity index is 1040. The molecule has 6 heteroatoms. The summed E-state index contributed by atoms with van der Waals surface area (Å²) in [6.07, 6.45) is 1.14. The van der Waals surface area contributed by atoms with Gasteiger partial charge in [-0.05, 0) is 24.5 Å². The van der Waals surface area contributed by atoms with Gasteiger partial charge in [0, 0.05) is 24.9 Å². The van der Waals surface area contributed by atoms with Gasteiger partial charge in [0.25, 0.3) is 0 Å². The van der Waals surface area contributed by atoms with Crippen LogP contribution in [-0.2, 0) is 22.4 Å². The smallest absolute Gasteiger partial charge is 0.331 e. The van der Waals surface area contributed by atoms with Crippen molar-refractivity contribution in [2.24, 2.45) is 0 Å². The molecule has 29 heavy (non-hydrogen) atoms. The molecule has 1 aliphatic heterocycles. The van der Waals surface area contributed by atoms with Crippen molar-refractivity contribution in [2.75, 3.05) is 6.54 Å². The molecule has 0 saturated carbocycles. The van der Waals surface area contributed by atoms with Crippen LogP contribution in [0.5, 0.6) is 0 Å². The quantitative estimate of drug-likeness (QED) is 0.717. The van der Waals surface area contributed by atoms with E-state index in [1.807, 2.05) is 55.5 Å². The number of amides is 1. The van der Waals surface area contributed by atoms with Crippen LogP contribution >= 0.6 is 0 Å². The van der Waals surface area contributed by atoms with E-state index in [9.17, 15) is 14.7 Å². The first-order valence-corrected chi connectivity index (χ1v) is 9.66. The molecule has 1 atom stereocenters. The van der Waals surface area contributed by atoms with Crippen LogP contribution in [0.3, 0.4) is 0 Å². The van der Waals surface area contributed by atoms with Crippen LogP contribution in [0.25, 0.3) is 11.3 Å². The molecule has 4 rings (SSSR count). The second kappa shape index (κ2) is 7.91. The maximum atomic E-state index is 12.9. The van der Waals surface area contributed by atoms with Gasteiger partial charge in [-0.2, -0.15) is 0 Å². The van der Waals surface area contributed by atoms with Crippen molar-refractivity contribution >= 4 is 11.9 Å². The molecule has 0 aliphatic carbocycles. The third-order valence-electron chi connectivity index (χ3n) is 5.27. The van der Waals surface area contributed by atoms with Crippen molar-refractivity contribution in [3.63, 3.8) is 0 Å². The van der Waals surface area contributed by atoms with Crippen molar-refractivity contribution in [1.82, 2.24) is 9.88 Å². The first-order chi connectivity index (χ1) is 14.0. The molecule has 0 bridgehead atoms. The SMILES string of the molecule is Cc1nc(CCC(=O)N2CCc3ccccc3C2C(=O)O)oc1-c1ccccc1. The van der Waals surface area contributed by atoms with Crippen molar-refractivity contribution in [1.29, 1.82) is 0 Å². The molecule has 148 valence electrons. The number of carbonyl (C=O) groups excluding carboxylic acids is 1. The van der Waals surface area contributed by atoms with Crippen molar-refractivity contribution in [3.8, 4) is 11.3 Å². The predicted octanol–water partition coefficient (Wildman–Crippen LogP) is 3.79. The first-order valence-electron chi connectivity index (χ1n) is 9.66. The summed E-state index contributed by atoms with van der Waals surface area (Å²) >= 11 is 0. The second-order valence-corrected chi connectivity index (χ2v) is 7.16. The fourth-order valence-electron chi connectivity index (χ4n) is 3.88. The molecule has 1 amide bonds. The van der Waals surface area contributed by atoms with Gasteiger partial charge in [0.1, 0.15) is 0 Å². The minimum absolute atomic E-state index is 0.153. The van der Waals surface area contributed by atoms with E-state index in [-0.39, 0.29) is 12.3 Å². The van der Waals surface area contributed by atoms with Gasteiger partial charge in [-0.1, -0.05) is 54.6 Å². The lowest BCUT2D eigenvalue weighted by atomic mass is 9.92. The van der Waals surface area contributed by atoms with Gasteiger partial charge in [0.15, 0.2) is 17.7 Å². The topological polar surface area (TPSA) is 83.6 Å². The number of carboxylic acid groups (broad SMARTS) is 1. The summed E-state index contributed by atoms with van der Waals surface area (Å²) in [7, 11) is 0. The van der Waals surface area contributed by atoms with Crippen LogP contribution in [0.4, 0.5) is 0 Å². The van der Waals surface area contributed by atoms with Crippen LogP contribution in [0.1, 0.15) is 35.2 Å². The summed E-state index contributed by atoms with van der Waals surface area (Å²) in [5.74, 6) is -0.0322. The molecule has 0 spiro atoms. The summed E-state index contributed by atoms with van der Waals surface area (Å²) in [6.45, 7) is 2.27. The zero-order valence-electron chi connectivity index (χ0n) is 16.2. The lowest BCUT2D eigenvalue weighted by Gasteiger charge is -2.34. The van der Waals surface area contributed by atoms with E-state index in [0.717, 1.165) is 16.8 Å². The highest BCUT2D eigenvalue weighted by Gasteiger charge is 2.35. The van der Waals surface area contributed by atoms with Crippen LogP contribution < -0.4 is 0 Å². The number of hydrogen-bond acceptors (Lipinski definition) is 4. The molecule has 0 saturated heterocycles. The Kier molecular flexibility index (Phi) is 5.16. The number of rotatable bonds is 5. The minimum atomic E-state index is -1.01. The lowest BCUT2D eigenvalue weighted by molar-refractivity contribution is -0.151. The van der Waals surface area contributed by atoms with Gasteiger partial charge in [0.05, 0.1) is 5.69 Å². The van der Waals surface area contributed by atoms with Gasteiger partial charge in [-0.3, -0.25) is 4.79 Å². The van der Waals surface area contributed by atoms with E-state index in [4.69, 9.17) is 4.42 Å². The van der Waals surface area contributed by atoms with Gasteiger partial charge >= 0.3 is 5.97 Å². The highest BCUT2D eigenvalue weighted by Crippen LogP contribution is 2.31. The van der Waals surface area contributed by atoms with Gasteiger partial charge in [-0.15, -0.1) is 0 Å². The minimum Gasteiger partial charge on any atom is -0.479 e. The number of oxazole rings is 1. The number of fused-ring (bicyclic) bond motifs is 1. The molecule has 6 nitrogen and oxygen atoms in total. The number of nitrogens with zero attached hydrogens (tertiary/aromatic N) is 2. The monoisotopic (exact) mass is 390 g/mol. The summed E-state index contributed by atoms with van der Waals surface area (Å²) in [5, 5.41) is 9.73. The largest absolute Gasteiger partial charge is 0.479 e. The van der Waals surface area contributed by atoms with Gasteiger partial charge in [0.2, 0.25) is 5.91 Å². The van der Waals surface area contributed by atoms with Crippen LogP contribution in [0, 0.1) is 6.92 Å². The van der Waals surface area contributed by atoms with Crippen molar-refractivity contribution in [2.45, 2.75) is 32.2 Å². The molecular formula is C23H22N2O4. The standard InChI is InChI=1S/C23H22N2O4/c1-15-22(17-8-3-2-4-9-17)29-19(24-15)11-12-20(26)25-14-13-16-7-5-6-10-18(16)21(25)23(27)28/h2-10,21H,11-14H2,1H3,(H,27,28). The van der Waals surface area contributed by atoms with Crippen LogP contribution in [0.2, 0.25) is 0 Å². The highest BCUT2D eigenvalue weighted by molar-refractivity contribution is 5.85. The number of carbonyl (C=O) groups is 2. The summed E-state index contributed by atoms with van der Waals surface area (Å²) in [5.41, 5.74) is 3.39. The predicted molar refractivity (Wildman–Crippen MR) is 107 cm³/mol. The van der Waals surface area contributed by atoms with Gasteiger partial charge < -0.3 is 14.4 Å². The number of carboxylic acids is 1. The van der Waals surface area contributed by atoms with Crippen molar-refractivity contribution in [3.05, 3.63) is 77.3 Å². The van der Waals surface area contributed by atoms with E-state index in [1.54, 1.807) is 6.07 Å². The van der Waals surface area contributed by atoms with E-state index in [2.05, 4.69) is 4.98 Å². The van der Waals surface area contributed by atoms with Crippen LogP contribution in [-0.4, -0.2) is 33.4 Å². The van der Waals surface area contributed by atoms with Crippen molar-refractivity contribution < 1.29 is 19.1 Å². The maximum absolute atomic E-state index is 12.9. The third kappa shape index (κ3) is 3.78. The zero-order chi connectivity index (χ0) is 20.4. The number of hydrogen-bond donors (Lipinski definition) is 1. The summed E-state index contributed by atoms with van der Waals surface area (Å²) < 4.78 is 5.87. The molecule has 1 N–H and O–H groups in total. The molecule has 0 radical (unpaired) electrons. The maximum Gasteiger partial charge on any atom is 0.331 e. The average molecular weight is 390 g/mol. The van der Waals surface area contributed by atoms with E-state index < -0.39 is 12.0 Å². The molecule has 2 aromatic carbocycles. The fourth-order valence-corrected chi connectivity index (χ4v) is 3.88. The Hall–Kier alpha value is -3.41. The average Bonchev–Trinajstić information content (AvgIpc) is 3.12. The Labute approximate surface area is 168 Å². The molecule has 3 aromatic rings. The molecule has 2 heterocycles. The molecule has 0 fully saturated rings.